The second-order valence-electron chi connectivity index (χ2n) is 7.96. The lowest BCUT2D eigenvalue weighted by molar-refractivity contribution is -0.142. The number of aryl methyl sites for hydroxylation is 1. The van der Waals surface area contributed by atoms with Crippen molar-refractivity contribution in [3.05, 3.63) is 83.9 Å². The molecule has 0 saturated heterocycles. The Morgan fingerprint density at radius 3 is 2.45 bits per heavy atom. The molecule has 0 fully saturated rings. The Kier molecular flexibility index (Phi) is 9.83. The number of hydrogen-bond acceptors (Lipinski definition) is 8. The van der Waals surface area contributed by atoms with Crippen LogP contribution < -0.4 is 19.2 Å². The summed E-state index contributed by atoms with van der Waals surface area (Å²) in [6, 6.07) is 19.6. The fourth-order valence-electron chi connectivity index (χ4n) is 3.31. The number of hydrazone groups is 1. The van der Waals surface area contributed by atoms with Gasteiger partial charge in [-0.2, -0.15) is 5.10 Å². The predicted molar refractivity (Wildman–Crippen MR) is 143 cm³/mol. The van der Waals surface area contributed by atoms with Crippen molar-refractivity contribution in [2.45, 2.75) is 18.7 Å². The molecule has 0 radical (unpaired) electrons. The Labute approximate surface area is 221 Å². The van der Waals surface area contributed by atoms with Gasteiger partial charge in [-0.1, -0.05) is 42.0 Å². The van der Waals surface area contributed by atoms with Crippen LogP contribution in [0, 0.1) is 6.92 Å². The first kappa shape index (κ1) is 28.2. The largest absolute Gasteiger partial charge is 0.492 e. The van der Waals surface area contributed by atoms with E-state index >= 15 is 0 Å². The highest BCUT2D eigenvalue weighted by molar-refractivity contribution is 7.92. The Balaban J connectivity index is 1.80. The van der Waals surface area contributed by atoms with Gasteiger partial charge >= 0.3 is 5.97 Å². The second-order valence-corrected chi connectivity index (χ2v) is 9.82. The molecular formula is C27H29N3O7S. The van der Waals surface area contributed by atoms with Gasteiger partial charge in [-0.3, -0.25) is 9.10 Å². The summed E-state index contributed by atoms with van der Waals surface area (Å²) >= 11 is 0. The molecule has 0 unspecified atom stereocenters. The van der Waals surface area contributed by atoms with E-state index in [1.165, 1.54) is 25.5 Å². The van der Waals surface area contributed by atoms with Crippen LogP contribution in [0.3, 0.4) is 0 Å². The molecule has 0 bridgehead atoms. The van der Waals surface area contributed by atoms with Gasteiger partial charge in [0, 0.05) is 0 Å². The number of methoxy groups -OCH3 is 1. The molecule has 1 N–H and O–H groups in total. The zero-order valence-electron chi connectivity index (χ0n) is 21.3. The summed E-state index contributed by atoms with van der Waals surface area (Å²) < 4.78 is 43.7. The highest BCUT2D eigenvalue weighted by Crippen LogP contribution is 2.32. The average molecular weight is 540 g/mol. The van der Waals surface area contributed by atoms with Crippen molar-refractivity contribution in [3.63, 3.8) is 0 Å². The molecule has 1 amide bonds. The minimum Gasteiger partial charge on any atom is -0.492 e. The maximum absolute atomic E-state index is 13.6. The number of sulfonamides is 1. The van der Waals surface area contributed by atoms with E-state index < -0.39 is 28.4 Å². The van der Waals surface area contributed by atoms with Gasteiger partial charge in [0.1, 0.15) is 18.0 Å². The number of benzene rings is 3. The third kappa shape index (κ3) is 7.56. The van der Waals surface area contributed by atoms with Crippen molar-refractivity contribution in [1.82, 2.24) is 5.43 Å². The summed E-state index contributed by atoms with van der Waals surface area (Å²) in [4.78, 5) is 24.1. The fraction of sp³-hybridized carbons (Fsp3) is 0.222. The van der Waals surface area contributed by atoms with Crippen LogP contribution in [-0.4, -0.2) is 53.4 Å². The van der Waals surface area contributed by atoms with Crippen LogP contribution in [0.1, 0.15) is 18.1 Å². The SMILES string of the molecule is CCOc1ccccc1N(CC(=O)N/N=C\c1cccc(OCC(=O)OC)c1)S(=O)(=O)c1ccc(C)cc1. The highest BCUT2D eigenvalue weighted by Gasteiger charge is 2.29. The van der Waals surface area contributed by atoms with Gasteiger partial charge in [-0.05, 0) is 55.8 Å². The van der Waals surface area contributed by atoms with Gasteiger partial charge in [-0.25, -0.2) is 18.6 Å². The van der Waals surface area contributed by atoms with Crippen LogP contribution in [0.2, 0.25) is 0 Å². The van der Waals surface area contributed by atoms with Gasteiger partial charge in [0.15, 0.2) is 6.61 Å². The first-order valence-electron chi connectivity index (χ1n) is 11.7. The highest BCUT2D eigenvalue weighted by atomic mass is 32.2. The lowest BCUT2D eigenvalue weighted by Gasteiger charge is -2.25. The van der Waals surface area contributed by atoms with Crippen LogP contribution in [0.15, 0.2) is 82.8 Å². The summed E-state index contributed by atoms with van der Waals surface area (Å²) in [5.74, 6) is -0.451. The molecule has 38 heavy (non-hydrogen) atoms. The van der Waals surface area contributed by atoms with Crippen molar-refractivity contribution in [2.75, 3.05) is 31.2 Å². The molecular weight excluding hydrogens is 510 g/mol. The molecule has 10 nitrogen and oxygen atoms in total. The van der Waals surface area contributed by atoms with Gasteiger partial charge in [0.05, 0.1) is 30.5 Å². The molecule has 3 aromatic rings. The summed E-state index contributed by atoms with van der Waals surface area (Å²) in [5, 5.41) is 3.94. The molecule has 200 valence electrons. The van der Waals surface area contributed by atoms with Gasteiger partial charge in [0.2, 0.25) is 0 Å². The molecule has 0 aliphatic rings. The lowest BCUT2D eigenvalue weighted by Crippen LogP contribution is -2.39. The zero-order valence-corrected chi connectivity index (χ0v) is 22.1. The van der Waals surface area contributed by atoms with Crippen LogP contribution in [-0.2, 0) is 24.3 Å². The molecule has 11 heteroatoms. The van der Waals surface area contributed by atoms with Crippen molar-refractivity contribution in [3.8, 4) is 11.5 Å². The Hall–Kier alpha value is -4.38. The van der Waals surface area contributed by atoms with Gasteiger partial charge in [-0.15, -0.1) is 0 Å². The molecule has 0 aromatic heterocycles. The minimum atomic E-state index is -4.12. The number of rotatable bonds is 12. The Morgan fingerprint density at radius 2 is 1.74 bits per heavy atom. The first-order chi connectivity index (χ1) is 18.2. The van der Waals surface area contributed by atoms with E-state index in [9.17, 15) is 18.0 Å². The standard InChI is InChI=1S/C27H29N3O7S/c1-4-36-25-11-6-5-10-24(25)30(38(33,34)23-14-12-20(2)13-15-23)18-26(31)29-28-17-21-8-7-9-22(16-21)37-19-27(32)35-3/h5-17H,4,18-19H2,1-3H3,(H,29,31)/b28-17-. The smallest absolute Gasteiger partial charge is 0.343 e. The zero-order chi connectivity index (χ0) is 27.5. The number of hydrogen-bond donors (Lipinski definition) is 1. The van der Waals surface area contributed by atoms with Crippen molar-refractivity contribution >= 4 is 33.8 Å². The maximum Gasteiger partial charge on any atom is 0.343 e. The third-order valence-corrected chi connectivity index (χ3v) is 6.95. The number of ether oxygens (including phenoxy) is 3. The normalized spacial score (nSPS) is 11.1. The number of carbonyl (C=O) groups excluding carboxylic acids is 2. The van der Waals surface area contributed by atoms with E-state index in [2.05, 4.69) is 15.3 Å². The van der Waals surface area contributed by atoms with E-state index in [1.54, 1.807) is 67.6 Å². The van der Waals surface area contributed by atoms with E-state index in [1.807, 2.05) is 6.92 Å². The van der Waals surface area contributed by atoms with E-state index in [-0.39, 0.29) is 17.2 Å². The average Bonchev–Trinajstić information content (AvgIpc) is 2.91. The summed E-state index contributed by atoms with van der Waals surface area (Å²) in [6.45, 7) is 3.16. The van der Waals surface area contributed by atoms with Gasteiger partial charge < -0.3 is 14.2 Å². The summed E-state index contributed by atoms with van der Waals surface area (Å²) in [5.41, 5.74) is 4.07. The molecule has 0 saturated carbocycles. The number of nitrogens with zero attached hydrogens (tertiary/aromatic N) is 2. The minimum absolute atomic E-state index is 0.0365. The number of anilines is 1. The quantitative estimate of drug-likeness (QED) is 0.213. The molecule has 0 aliphatic carbocycles. The van der Waals surface area contributed by atoms with E-state index in [0.29, 0.717) is 23.7 Å². The lowest BCUT2D eigenvalue weighted by atomic mass is 10.2. The molecule has 0 heterocycles. The van der Waals surface area contributed by atoms with Crippen molar-refractivity contribution in [2.24, 2.45) is 5.10 Å². The fourth-order valence-corrected chi connectivity index (χ4v) is 4.74. The van der Waals surface area contributed by atoms with Crippen LogP contribution in [0.5, 0.6) is 11.5 Å². The maximum atomic E-state index is 13.6. The van der Waals surface area contributed by atoms with Gasteiger partial charge in [0.25, 0.3) is 15.9 Å². The molecule has 3 rings (SSSR count). The summed E-state index contributed by atoms with van der Waals surface area (Å²) in [7, 11) is -2.85. The monoisotopic (exact) mass is 539 g/mol. The molecule has 0 aliphatic heterocycles. The topological polar surface area (TPSA) is 124 Å². The van der Waals surface area contributed by atoms with Crippen molar-refractivity contribution in [1.29, 1.82) is 0 Å². The molecule has 0 spiro atoms. The number of amides is 1. The Morgan fingerprint density at radius 1 is 1.00 bits per heavy atom. The molecule has 3 aromatic carbocycles. The third-order valence-electron chi connectivity index (χ3n) is 5.18. The van der Waals surface area contributed by atoms with Crippen LogP contribution in [0.4, 0.5) is 5.69 Å². The number of nitrogens with one attached hydrogen (secondary N) is 1. The molecule has 0 atom stereocenters. The van der Waals surface area contributed by atoms with Crippen LogP contribution in [0.25, 0.3) is 0 Å². The predicted octanol–water partition coefficient (Wildman–Crippen LogP) is 3.29. The number of carbonyl (C=O) groups is 2. The van der Waals surface area contributed by atoms with E-state index in [4.69, 9.17) is 9.47 Å². The van der Waals surface area contributed by atoms with Crippen molar-refractivity contribution < 1.29 is 32.2 Å². The number of para-hydroxylation sites is 2. The first-order valence-corrected chi connectivity index (χ1v) is 13.1. The number of esters is 1. The van der Waals surface area contributed by atoms with E-state index in [0.717, 1.165) is 9.87 Å². The Bertz CT molecular complexity index is 1390. The summed E-state index contributed by atoms with van der Waals surface area (Å²) in [6.07, 6.45) is 1.37. The second kappa shape index (κ2) is 13.2. The van der Waals surface area contributed by atoms with Crippen LogP contribution >= 0.6 is 0 Å².